The summed E-state index contributed by atoms with van der Waals surface area (Å²) < 4.78 is 0. The van der Waals surface area contributed by atoms with Crippen molar-refractivity contribution in [2.75, 3.05) is 0 Å². The summed E-state index contributed by atoms with van der Waals surface area (Å²) in [6, 6.07) is 4.41. The van der Waals surface area contributed by atoms with Crippen molar-refractivity contribution in [1.82, 2.24) is 0 Å². The molecule has 5 rings (SSSR count). The lowest BCUT2D eigenvalue weighted by atomic mass is 9.44. The highest BCUT2D eigenvalue weighted by Gasteiger charge is 2.57. The van der Waals surface area contributed by atoms with Gasteiger partial charge < -0.3 is 0 Å². The topological polar surface area (TPSA) is 43.1 Å². The van der Waals surface area contributed by atoms with Crippen molar-refractivity contribution >= 4 is 11.3 Å². The van der Waals surface area contributed by atoms with Gasteiger partial charge in [0.1, 0.15) is 0 Å². The summed E-state index contributed by atoms with van der Waals surface area (Å²) in [6.07, 6.45) is 10.6. The number of nitro groups is 1. The molecule has 0 N–H and O–H groups in total. The predicted octanol–water partition coefficient (Wildman–Crippen LogP) is 4.62. The predicted molar refractivity (Wildman–Crippen MR) is 83.8 cm³/mol. The monoisotopic (exact) mass is 303 g/mol. The van der Waals surface area contributed by atoms with Crippen LogP contribution in [0.25, 0.3) is 0 Å². The second-order valence-corrected chi connectivity index (χ2v) is 8.14. The Labute approximate surface area is 129 Å². The van der Waals surface area contributed by atoms with E-state index in [9.17, 15) is 10.1 Å². The second kappa shape index (κ2) is 4.94. The molecule has 4 saturated carbocycles. The van der Waals surface area contributed by atoms with E-state index in [0.29, 0.717) is 0 Å². The molecule has 4 aliphatic rings. The molecule has 1 aromatic rings. The highest BCUT2D eigenvalue weighted by molar-refractivity contribution is 7.10. The summed E-state index contributed by atoms with van der Waals surface area (Å²) in [5.74, 6) is 3.34. The Bertz CT molecular complexity index is 535. The van der Waals surface area contributed by atoms with Crippen molar-refractivity contribution < 1.29 is 4.92 Å². The molecule has 1 aromatic heterocycles. The van der Waals surface area contributed by atoms with Crippen LogP contribution in [-0.2, 0) is 5.41 Å². The molecular formula is C17H21NO2S. The van der Waals surface area contributed by atoms with Gasteiger partial charge in [0.15, 0.2) is 0 Å². The van der Waals surface area contributed by atoms with Gasteiger partial charge in [-0.25, -0.2) is 0 Å². The molecule has 0 aliphatic heterocycles. The van der Waals surface area contributed by atoms with Gasteiger partial charge in [-0.3, -0.25) is 10.1 Å². The minimum Gasteiger partial charge on any atom is -0.259 e. The Morgan fingerprint density at radius 3 is 2.43 bits per heavy atom. The largest absolute Gasteiger partial charge is 0.259 e. The molecule has 0 unspecified atom stereocenters. The van der Waals surface area contributed by atoms with Gasteiger partial charge in [-0.05, 0) is 79.7 Å². The molecule has 0 atom stereocenters. The van der Waals surface area contributed by atoms with E-state index in [1.807, 2.05) is 17.4 Å². The first-order valence-corrected chi connectivity index (χ1v) is 8.90. The van der Waals surface area contributed by atoms with Crippen LogP contribution in [0.5, 0.6) is 0 Å². The molecule has 21 heavy (non-hydrogen) atoms. The minimum absolute atomic E-state index is 0.189. The average Bonchev–Trinajstić information content (AvgIpc) is 2.95. The highest BCUT2D eigenvalue weighted by atomic mass is 32.1. The lowest BCUT2D eigenvalue weighted by molar-refractivity contribution is -0.402. The van der Waals surface area contributed by atoms with Crippen LogP contribution in [0, 0.1) is 33.8 Å². The number of thiophene rings is 1. The van der Waals surface area contributed by atoms with E-state index >= 15 is 0 Å². The zero-order valence-electron chi connectivity index (χ0n) is 12.1. The average molecular weight is 303 g/mol. The van der Waals surface area contributed by atoms with Gasteiger partial charge in [0.25, 0.3) is 0 Å². The van der Waals surface area contributed by atoms with E-state index < -0.39 is 0 Å². The third-order valence-corrected chi connectivity index (χ3v) is 7.32. The molecule has 0 amide bonds. The minimum atomic E-state index is -0.321. The van der Waals surface area contributed by atoms with Crippen molar-refractivity contribution in [3.63, 3.8) is 0 Å². The van der Waals surface area contributed by atoms with Gasteiger partial charge in [0.2, 0.25) is 6.20 Å². The number of nitrogens with zero attached hydrogens (tertiary/aromatic N) is 1. The smallest absolute Gasteiger partial charge is 0.230 e. The second-order valence-electron chi connectivity index (χ2n) is 7.20. The molecule has 3 nitrogen and oxygen atoms in total. The summed E-state index contributed by atoms with van der Waals surface area (Å²) in [5, 5.41) is 12.8. The number of hydrogen-bond acceptors (Lipinski definition) is 3. The molecule has 4 fully saturated rings. The van der Waals surface area contributed by atoms with Crippen LogP contribution in [-0.4, -0.2) is 4.92 Å². The molecule has 0 aromatic carbocycles. The molecule has 1 heterocycles. The third-order valence-electron chi connectivity index (χ3n) is 6.26. The van der Waals surface area contributed by atoms with Crippen LogP contribution in [0.1, 0.15) is 43.4 Å². The van der Waals surface area contributed by atoms with E-state index in [2.05, 4.69) is 17.5 Å². The van der Waals surface area contributed by atoms with Crippen LogP contribution in [0.3, 0.4) is 0 Å². The third kappa shape index (κ3) is 2.07. The Balaban J connectivity index is 1.72. The van der Waals surface area contributed by atoms with Gasteiger partial charge in [0, 0.05) is 10.3 Å². The molecule has 0 radical (unpaired) electrons. The van der Waals surface area contributed by atoms with Gasteiger partial charge in [-0.15, -0.1) is 11.3 Å². The summed E-state index contributed by atoms with van der Waals surface area (Å²) in [7, 11) is 0. The van der Waals surface area contributed by atoms with Crippen molar-refractivity contribution in [3.8, 4) is 0 Å². The van der Waals surface area contributed by atoms with E-state index in [1.165, 1.54) is 37.0 Å². The summed E-state index contributed by atoms with van der Waals surface area (Å²) >= 11 is 1.86. The van der Waals surface area contributed by atoms with Crippen molar-refractivity contribution in [2.24, 2.45) is 23.7 Å². The van der Waals surface area contributed by atoms with Crippen LogP contribution in [0.4, 0.5) is 0 Å². The first-order valence-electron chi connectivity index (χ1n) is 8.02. The number of allylic oxidation sites excluding steroid dienone is 1. The maximum atomic E-state index is 10.7. The molecule has 0 saturated heterocycles. The standard InChI is InChI=1S/C17H21NO2S/c19-18(20)5-2-4-17(16-3-1-6-21-16)14-8-12-7-13(10-14)11-15(17)9-12/h1-3,5-6,12-15H,4,7-11H2/b5-2+. The van der Waals surface area contributed by atoms with Crippen molar-refractivity contribution in [2.45, 2.75) is 43.9 Å². The molecule has 0 spiro atoms. The van der Waals surface area contributed by atoms with Crippen molar-refractivity contribution in [1.29, 1.82) is 0 Å². The maximum Gasteiger partial charge on any atom is 0.230 e. The molecular weight excluding hydrogens is 282 g/mol. The fourth-order valence-electron chi connectivity index (χ4n) is 5.74. The van der Waals surface area contributed by atoms with E-state index in [1.54, 1.807) is 0 Å². The molecule has 4 aliphatic carbocycles. The fraction of sp³-hybridized carbons (Fsp3) is 0.647. The SMILES string of the molecule is O=[N+]([O-])/C=C/CC1(c2cccs2)C2CC3CC(C2)CC1C3. The Morgan fingerprint density at radius 2 is 1.90 bits per heavy atom. The van der Waals surface area contributed by atoms with E-state index in [-0.39, 0.29) is 10.3 Å². The summed E-state index contributed by atoms with van der Waals surface area (Å²) in [5.41, 5.74) is 0.189. The quantitative estimate of drug-likeness (QED) is 0.601. The normalized spacial score (nSPS) is 41.0. The lowest BCUT2D eigenvalue weighted by Gasteiger charge is -2.61. The van der Waals surface area contributed by atoms with Gasteiger partial charge >= 0.3 is 0 Å². The van der Waals surface area contributed by atoms with Crippen LogP contribution >= 0.6 is 11.3 Å². The van der Waals surface area contributed by atoms with E-state index in [0.717, 1.165) is 36.3 Å². The van der Waals surface area contributed by atoms with Crippen LogP contribution in [0.15, 0.2) is 29.8 Å². The number of hydrogen-bond donors (Lipinski definition) is 0. The Morgan fingerprint density at radius 1 is 1.24 bits per heavy atom. The number of rotatable bonds is 4. The molecule has 112 valence electrons. The molecule has 4 bridgehead atoms. The first-order chi connectivity index (χ1) is 10.2. The zero-order valence-corrected chi connectivity index (χ0v) is 12.9. The van der Waals surface area contributed by atoms with Crippen LogP contribution < -0.4 is 0 Å². The first kappa shape index (κ1) is 13.5. The van der Waals surface area contributed by atoms with Gasteiger partial charge in [-0.2, -0.15) is 0 Å². The fourth-order valence-corrected chi connectivity index (χ4v) is 6.84. The van der Waals surface area contributed by atoms with Crippen LogP contribution in [0.2, 0.25) is 0 Å². The Hall–Kier alpha value is -1.16. The highest BCUT2D eigenvalue weighted by Crippen LogP contribution is 2.64. The summed E-state index contributed by atoms with van der Waals surface area (Å²) in [6.45, 7) is 0. The Kier molecular flexibility index (Phi) is 3.18. The van der Waals surface area contributed by atoms with Crippen molar-refractivity contribution in [3.05, 3.63) is 44.8 Å². The van der Waals surface area contributed by atoms with Gasteiger partial charge in [-0.1, -0.05) is 6.07 Å². The van der Waals surface area contributed by atoms with E-state index in [4.69, 9.17) is 0 Å². The lowest BCUT2D eigenvalue weighted by Crippen LogP contribution is -2.55. The van der Waals surface area contributed by atoms with Gasteiger partial charge in [0.05, 0.1) is 4.92 Å². The zero-order chi connectivity index (χ0) is 14.4. The molecule has 4 heteroatoms. The maximum absolute atomic E-state index is 10.7. The summed E-state index contributed by atoms with van der Waals surface area (Å²) in [4.78, 5) is 11.8.